The molecule has 1 fully saturated rings. The summed E-state index contributed by atoms with van der Waals surface area (Å²) in [5.41, 5.74) is 1.43. The lowest BCUT2D eigenvalue weighted by molar-refractivity contribution is -0.119. The number of fused-ring (bicyclic) bond motifs is 3. The van der Waals surface area contributed by atoms with Gasteiger partial charge in [0.2, 0.25) is 5.91 Å². The van der Waals surface area contributed by atoms with Crippen LogP contribution in [0.4, 0.5) is 5.69 Å². The number of H-pyrrole nitrogens is 1. The van der Waals surface area contributed by atoms with Crippen molar-refractivity contribution in [3.63, 3.8) is 0 Å². The van der Waals surface area contributed by atoms with E-state index in [0.717, 1.165) is 6.42 Å². The van der Waals surface area contributed by atoms with Crippen LogP contribution in [0.25, 0.3) is 16.9 Å². The van der Waals surface area contributed by atoms with E-state index in [1.165, 1.54) is 19.5 Å². The molecule has 1 aromatic carbocycles. The lowest BCUT2D eigenvalue weighted by Gasteiger charge is -2.20. The molecule has 30 heavy (non-hydrogen) atoms. The summed E-state index contributed by atoms with van der Waals surface area (Å²) in [6.07, 6.45) is 4.45. The number of nitrogens with one attached hydrogen (secondary N) is 2. The minimum Gasteiger partial charge on any atom is -0.465 e. The molecule has 152 valence electrons. The highest BCUT2D eigenvalue weighted by Crippen LogP contribution is 2.31. The van der Waals surface area contributed by atoms with Crippen LogP contribution in [0.1, 0.15) is 33.6 Å². The van der Waals surface area contributed by atoms with Gasteiger partial charge in [-0.1, -0.05) is 0 Å². The Hall–Kier alpha value is -3.95. The van der Waals surface area contributed by atoms with Gasteiger partial charge in [-0.25, -0.2) is 9.89 Å². The Morgan fingerprint density at radius 3 is 2.83 bits per heavy atom. The van der Waals surface area contributed by atoms with E-state index in [9.17, 15) is 19.2 Å². The number of hydrogen-bond donors (Lipinski definition) is 2. The number of nitrogens with zero attached hydrogens (tertiary/aromatic N) is 3. The topological polar surface area (TPSA) is 126 Å². The van der Waals surface area contributed by atoms with Crippen LogP contribution >= 0.6 is 0 Å². The number of ether oxygens (including phenoxy) is 1. The summed E-state index contributed by atoms with van der Waals surface area (Å²) in [5, 5.41) is 9.06. The second-order valence-electron chi connectivity index (χ2n) is 7.26. The van der Waals surface area contributed by atoms with E-state index in [-0.39, 0.29) is 28.6 Å². The van der Waals surface area contributed by atoms with Crippen LogP contribution in [0.15, 0.2) is 35.4 Å². The third-order valence-corrected chi connectivity index (χ3v) is 5.57. The van der Waals surface area contributed by atoms with Gasteiger partial charge in [0.1, 0.15) is 17.3 Å². The smallest absolute Gasteiger partial charge is 0.341 e. The van der Waals surface area contributed by atoms with E-state index in [1.807, 2.05) is 0 Å². The lowest BCUT2D eigenvalue weighted by atomic mass is 10.1. The molecule has 0 aromatic heterocycles. The van der Waals surface area contributed by atoms with E-state index in [1.54, 1.807) is 27.7 Å². The molecule has 1 saturated heterocycles. The molecule has 10 nitrogen and oxygen atoms in total. The summed E-state index contributed by atoms with van der Waals surface area (Å²) < 4.78 is 6.37. The van der Waals surface area contributed by atoms with Crippen LogP contribution in [0.3, 0.4) is 0 Å². The van der Waals surface area contributed by atoms with Crippen molar-refractivity contribution in [1.82, 2.24) is 19.7 Å². The number of amides is 2. The molecule has 4 heterocycles. The maximum absolute atomic E-state index is 13.1. The zero-order valence-corrected chi connectivity index (χ0v) is 16.0. The van der Waals surface area contributed by atoms with Crippen LogP contribution in [0.2, 0.25) is 0 Å². The number of carbonyl (C=O) groups is 3. The quantitative estimate of drug-likeness (QED) is 0.611. The summed E-state index contributed by atoms with van der Waals surface area (Å²) in [4.78, 5) is 51.5. The molecule has 1 aromatic rings. The maximum Gasteiger partial charge on any atom is 0.341 e. The molecular weight excluding hydrogens is 390 g/mol. The highest BCUT2D eigenvalue weighted by Gasteiger charge is 2.38. The van der Waals surface area contributed by atoms with Crippen molar-refractivity contribution >= 4 is 23.5 Å². The summed E-state index contributed by atoms with van der Waals surface area (Å²) in [6.45, 7) is 0.529. The van der Waals surface area contributed by atoms with Crippen molar-refractivity contribution in [1.29, 1.82) is 0 Å². The van der Waals surface area contributed by atoms with Gasteiger partial charge in [-0.05, 0) is 31.0 Å². The molecule has 0 spiro atoms. The van der Waals surface area contributed by atoms with E-state index in [2.05, 4.69) is 15.5 Å². The standard InChI is InChI=1S/C20H17N5O5/c1-30-20(29)13-9-24(8-12-16(13)22-23-17(12)26)10-4-5-14-11(7-10)19(28)25-6-2-3-15(25)18(27)21-14/h4-5,7-9,15H,2-3,6H2,1H3,(H,21,27)(H,23,26)/t15-/m1/s1. The van der Waals surface area contributed by atoms with Crippen LogP contribution in [-0.2, 0) is 9.53 Å². The Balaban J connectivity index is 1.66. The molecule has 5 rings (SSSR count). The third-order valence-electron chi connectivity index (χ3n) is 5.57. The highest BCUT2D eigenvalue weighted by atomic mass is 16.5. The van der Waals surface area contributed by atoms with Crippen molar-refractivity contribution in [2.24, 2.45) is 0 Å². The van der Waals surface area contributed by atoms with Crippen molar-refractivity contribution in [2.75, 3.05) is 19.0 Å². The predicted molar refractivity (Wildman–Crippen MR) is 105 cm³/mol. The molecule has 0 unspecified atom stereocenters. The van der Waals surface area contributed by atoms with Gasteiger partial charge in [-0.15, -0.1) is 0 Å². The van der Waals surface area contributed by atoms with Crippen LogP contribution in [0.5, 0.6) is 0 Å². The lowest BCUT2D eigenvalue weighted by Crippen LogP contribution is -2.40. The number of pyridine rings is 1. The van der Waals surface area contributed by atoms with Crippen LogP contribution in [0, 0.1) is 0 Å². The number of rotatable bonds is 2. The molecule has 2 amide bonds. The first-order valence-corrected chi connectivity index (χ1v) is 9.43. The van der Waals surface area contributed by atoms with Gasteiger partial charge in [0.15, 0.2) is 0 Å². The zero-order valence-electron chi connectivity index (χ0n) is 16.0. The molecule has 4 aliphatic heterocycles. The fraction of sp³-hybridized carbons (Fsp3) is 0.250. The van der Waals surface area contributed by atoms with E-state index in [0.29, 0.717) is 29.9 Å². The monoisotopic (exact) mass is 407 g/mol. The molecule has 4 aliphatic rings. The second kappa shape index (κ2) is 6.55. The summed E-state index contributed by atoms with van der Waals surface area (Å²) >= 11 is 0. The Morgan fingerprint density at radius 2 is 2.03 bits per heavy atom. The van der Waals surface area contributed by atoms with Gasteiger partial charge in [0.05, 0.1) is 23.9 Å². The highest BCUT2D eigenvalue weighted by molar-refractivity contribution is 6.10. The van der Waals surface area contributed by atoms with Crippen molar-refractivity contribution in [3.05, 3.63) is 52.1 Å². The SMILES string of the molecule is COC(=O)c1cn(-c2ccc3c(c2)C(=O)N2CCC[C@@H]2C(=O)N3)cc2c(=O)[nH]nc1-2. The second-order valence-corrected chi connectivity index (χ2v) is 7.26. The first kappa shape index (κ1) is 18.1. The third kappa shape index (κ3) is 2.60. The van der Waals surface area contributed by atoms with Crippen LogP contribution < -0.4 is 10.9 Å². The number of carbonyl (C=O) groups excluding carboxylic acids is 3. The van der Waals surface area contributed by atoms with Gasteiger partial charge in [-0.3, -0.25) is 14.4 Å². The number of benzene rings is 1. The Kier molecular flexibility index (Phi) is 3.95. The normalized spacial score (nSPS) is 18.0. The number of hydrogen-bond acceptors (Lipinski definition) is 6. The van der Waals surface area contributed by atoms with Crippen molar-refractivity contribution < 1.29 is 19.1 Å². The van der Waals surface area contributed by atoms with Gasteiger partial charge in [0.25, 0.3) is 11.5 Å². The fourth-order valence-electron chi connectivity index (χ4n) is 4.08. The first-order valence-electron chi connectivity index (χ1n) is 9.43. The molecule has 1 atom stereocenters. The Morgan fingerprint density at radius 1 is 1.20 bits per heavy atom. The van der Waals surface area contributed by atoms with Gasteiger partial charge in [-0.2, -0.15) is 5.10 Å². The number of aromatic amines is 1. The first-order chi connectivity index (χ1) is 14.5. The number of aromatic nitrogens is 3. The van der Waals surface area contributed by atoms with E-state index < -0.39 is 17.6 Å². The Labute approximate surface area is 169 Å². The van der Waals surface area contributed by atoms with Crippen LogP contribution in [-0.4, -0.2) is 57.1 Å². The molecule has 0 saturated carbocycles. The number of methoxy groups -OCH3 is 1. The number of esters is 1. The van der Waals surface area contributed by atoms with E-state index >= 15 is 0 Å². The maximum atomic E-state index is 13.1. The van der Waals surface area contributed by atoms with E-state index in [4.69, 9.17) is 4.74 Å². The summed E-state index contributed by atoms with van der Waals surface area (Å²) in [7, 11) is 1.24. The Bertz CT molecular complexity index is 1240. The number of anilines is 1. The molecule has 0 aliphatic carbocycles. The zero-order chi connectivity index (χ0) is 21.0. The minimum atomic E-state index is -0.640. The minimum absolute atomic E-state index is 0.113. The van der Waals surface area contributed by atoms with Gasteiger partial charge < -0.3 is 19.5 Å². The average molecular weight is 407 g/mol. The van der Waals surface area contributed by atoms with Crippen molar-refractivity contribution in [3.8, 4) is 16.9 Å². The molecule has 2 N–H and O–H groups in total. The largest absolute Gasteiger partial charge is 0.465 e. The molecule has 10 heteroatoms. The molecule has 0 bridgehead atoms. The fourth-order valence-corrected chi connectivity index (χ4v) is 4.08. The van der Waals surface area contributed by atoms with Gasteiger partial charge in [0, 0.05) is 24.6 Å². The molecular formula is C20H17N5O5. The average Bonchev–Trinajstić information content (AvgIpc) is 3.37. The molecule has 0 radical (unpaired) electrons. The summed E-state index contributed by atoms with van der Waals surface area (Å²) in [5.74, 6) is -1.06. The van der Waals surface area contributed by atoms with Crippen molar-refractivity contribution in [2.45, 2.75) is 18.9 Å². The predicted octanol–water partition coefficient (Wildman–Crippen LogP) is 1.01. The van der Waals surface area contributed by atoms with Gasteiger partial charge >= 0.3 is 5.97 Å². The summed E-state index contributed by atoms with van der Waals surface area (Å²) in [6, 6.07) is 4.51.